The number of nitrogens with zero attached hydrogens (tertiary/aromatic N) is 4. The first-order valence-electron chi connectivity index (χ1n) is 22.9. The lowest BCUT2D eigenvalue weighted by Gasteiger charge is -2.42. The molecule has 294 valence electrons. The molecule has 1 saturated heterocycles. The molecular weight excluding hydrogens is 705 g/mol. The molecule has 0 saturated carbocycles. The van der Waals surface area contributed by atoms with Crippen LogP contribution in [-0.2, 0) is 0 Å². The normalized spacial score (nSPS) is 36.3. The largest absolute Gasteiger partial charge is 0.364 e. The van der Waals surface area contributed by atoms with Gasteiger partial charge in [-0.2, -0.15) is 0 Å². The number of anilines is 2. The molecule has 1 fully saturated rings. The van der Waals surface area contributed by atoms with Gasteiger partial charge < -0.3 is 9.80 Å². The van der Waals surface area contributed by atoms with Crippen molar-refractivity contribution in [1.82, 2.24) is 14.9 Å². The Morgan fingerprint density at radius 1 is 0.810 bits per heavy atom. The molecule has 58 heavy (non-hydrogen) atoms. The molecule has 3 heterocycles. The van der Waals surface area contributed by atoms with E-state index in [4.69, 9.17) is 9.97 Å². The lowest BCUT2D eigenvalue weighted by atomic mass is 9.67. The number of para-hydroxylation sites is 2. The van der Waals surface area contributed by atoms with E-state index < -0.39 is 0 Å². The first kappa shape index (κ1) is 35.3. The Balaban J connectivity index is 0.924. The second kappa shape index (κ2) is 13.2. The summed E-state index contributed by atoms with van der Waals surface area (Å²) in [6, 6.07) is 19.1. The Morgan fingerprint density at radius 2 is 1.69 bits per heavy atom. The average Bonchev–Trinajstić information content (AvgIpc) is 3.83. The van der Waals surface area contributed by atoms with Crippen LogP contribution < -0.4 is 4.90 Å². The van der Waals surface area contributed by atoms with Crippen LogP contribution in [0.2, 0.25) is 0 Å². The fraction of sp³-hybridized carbons (Fsp3) is 0.444. The Bertz CT molecular complexity index is 2450. The van der Waals surface area contributed by atoms with E-state index in [9.17, 15) is 0 Å². The molecule has 0 N–H and O–H groups in total. The maximum Gasteiger partial charge on any atom is 0.231 e. The van der Waals surface area contributed by atoms with E-state index in [-0.39, 0.29) is 16.9 Å². The summed E-state index contributed by atoms with van der Waals surface area (Å²) < 4.78 is 0. The van der Waals surface area contributed by atoms with Gasteiger partial charge in [0.15, 0.2) is 0 Å². The van der Waals surface area contributed by atoms with Crippen molar-refractivity contribution in [2.24, 2.45) is 35.0 Å². The van der Waals surface area contributed by atoms with Gasteiger partial charge in [-0.15, -0.1) is 0 Å². The summed E-state index contributed by atoms with van der Waals surface area (Å²) in [4.78, 5) is 16.6. The molecule has 10 atom stereocenters. The van der Waals surface area contributed by atoms with Gasteiger partial charge in [0.1, 0.15) is 0 Å². The summed E-state index contributed by atoms with van der Waals surface area (Å²) in [6.45, 7) is 7.50. The minimum atomic E-state index is -0.276. The highest BCUT2D eigenvalue weighted by atomic mass is 15.3. The standard InChI is InChI=1S/C54H58N4/c1-53(2)44-24-11-7-18-37(44)39-22-15-23-42(50(39)53)51-41-21-8-12-25-46(41)55-52(56-51)58-49-27-14-10-20-40(49)45-33-35(30-31-54(45,58)3)34-28-29-48-43(32-34)38-19-9-13-26-47(38)57(48)36-16-5-4-6-17-36/h7-10,12-16,18,20-22,25,27-32,35,37-38,42-45,47-48H,4-6,11,17,19,23-24,26,33H2,1-3H3. The van der Waals surface area contributed by atoms with Crippen LogP contribution >= 0.6 is 0 Å². The third-order valence-electron chi connectivity index (χ3n) is 16.7. The van der Waals surface area contributed by atoms with E-state index in [0.717, 1.165) is 24.3 Å². The van der Waals surface area contributed by atoms with Crippen LogP contribution in [0.5, 0.6) is 0 Å². The molecule has 12 rings (SSSR count). The van der Waals surface area contributed by atoms with Gasteiger partial charge in [-0.1, -0.05) is 129 Å². The van der Waals surface area contributed by atoms with Crippen LogP contribution in [0.25, 0.3) is 10.9 Å². The van der Waals surface area contributed by atoms with E-state index in [1.807, 2.05) is 0 Å². The summed E-state index contributed by atoms with van der Waals surface area (Å²) in [7, 11) is 0. The summed E-state index contributed by atoms with van der Waals surface area (Å²) >= 11 is 0. The molecule has 9 aliphatic rings. The smallest absolute Gasteiger partial charge is 0.231 e. The fourth-order valence-corrected chi connectivity index (χ4v) is 14.1. The molecule has 10 unspecified atom stereocenters. The highest BCUT2D eigenvalue weighted by Crippen LogP contribution is 2.62. The van der Waals surface area contributed by atoms with Crippen molar-refractivity contribution in [2.45, 2.75) is 114 Å². The Hall–Kier alpha value is -4.70. The molecular formula is C54H58N4. The molecule has 0 amide bonds. The number of aromatic nitrogens is 2. The van der Waals surface area contributed by atoms with Gasteiger partial charge in [-0.3, -0.25) is 0 Å². The van der Waals surface area contributed by atoms with Crippen LogP contribution in [-0.4, -0.2) is 32.5 Å². The number of benzene rings is 2. The van der Waals surface area contributed by atoms with Gasteiger partial charge in [0.05, 0.1) is 22.8 Å². The van der Waals surface area contributed by atoms with Crippen molar-refractivity contribution < 1.29 is 0 Å². The molecule has 3 aromatic rings. The van der Waals surface area contributed by atoms with Gasteiger partial charge >= 0.3 is 0 Å². The number of hydrogen-bond donors (Lipinski definition) is 0. The Kier molecular flexibility index (Phi) is 8.00. The SMILES string of the molecule is CC1(C)C2=C(C=CCC2c2nc(N3c4ccccc4C4CC(C5=CC6C7CC=CCC7N(C7=CCCCC7)C6C=C5)C=CC43C)nc3ccccc23)C2C=CCCC21. The van der Waals surface area contributed by atoms with E-state index in [0.29, 0.717) is 47.6 Å². The van der Waals surface area contributed by atoms with Crippen molar-refractivity contribution >= 4 is 22.5 Å². The minimum absolute atomic E-state index is 0.117. The summed E-state index contributed by atoms with van der Waals surface area (Å²) in [5.41, 5.74) is 11.1. The third kappa shape index (κ3) is 5.05. The van der Waals surface area contributed by atoms with Crippen molar-refractivity contribution in [3.63, 3.8) is 0 Å². The van der Waals surface area contributed by atoms with E-state index in [1.54, 1.807) is 16.8 Å². The van der Waals surface area contributed by atoms with Crippen molar-refractivity contribution in [3.05, 3.63) is 155 Å². The second-order valence-electron chi connectivity index (χ2n) is 19.8. The predicted molar refractivity (Wildman–Crippen MR) is 238 cm³/mol. The number of hydrogen-bond acceptors (Lipinski definition) is 4. The molecule has 4 heteroatoms. The molecule has 7 aliphatic carbocycles. The summed E-state index contributed by atoms with van der Waals surface area (Å²) in [6.07, 6.45) is 42.4. The van der Waals surface area contributed by atoms with E-state index in [2.05, 4.69) is 152 Å². The van der Waals surface area contributed by atoms with Crippen LogP contribution in [0.4, 0.5) is 11.6 Å². The van der Waals surface area contributed by atoms with E-state index in [1.165, 1.54) is 79.3 Å². The van der Waals surface area contributed by atoms with Gasteiger partial charge in [0, 0.05) is 52.4 Å². The van der Waals surface area contributed by atoms with Crippen LogP contribution in [0.1, 0.15) is 108 Å². The number of allylic oxidation sites excluding steroid dienone is 12. The Morgan fingerprint density at radius 3 is 2.60 bits per heavy atom. The summed E-state index contributed by atoms with van der Waals surface area (Å²) in [5, 5.41) is 1.20. The van der Waals surface area contributed by atoms with Crippen molar-refractivity contribution in [1.29, 1.82) is 0 Å². The molecule has 0 radical (unpaired) electrons. The van der Waals surface area contributed by atoms with Crippen molar-refractivity contribution in [2.75, 3.05) is 4.90 Å². The lowest BCUT2D eigenvalue weighted by molar-refractivity contribution is 0.228. The van der Waals surface area contributed by atoms with Gasteiger partial charge in [0.25, 0.3) is 0 Å². The Labute approximate surface area is 345 Å². The monoisotopic (exact) mass is 762 g/mol. The van der Waals surface area contributed by atoms with Gasteiger partial charge in [-0.25, -0.2) is 9.97 Å². The zero-order valence-electron chi connectivity index (χ0n) is 34.6. The lowest BCUT2D eigenvalue weighted by Crippen LogP contribution is -2.45. The zero-order chi connectivity index (χ0) is 38.8. The van der Waals surface area contributed by atoms with Crippen LogP contribution in [0.3, 0.4) is 0 Å². The highest BCUT2D eigenvalue weighted by molar-refractivity contribution is 5.85. The number of likely N-dealkylation sites (tertiary alicyclic amines) is 1. The first-order chi connectivity index (χ1) is 28.4. The molecule has 0 spiro atoms. The van der Waals surface area contributed by atoms with Gasteiger partial charge in [0.2, 0.25) is 5.95 Å². The van der Waals surface area contributed by atoms with Crippen LogP contribution in [0, 0.1) is 35.0 Å². The van der Waals surface area contributed by atoms with Gasteiger partial charge in [-0.05, 0) is 117 Å². The van der Waals surface area contributed by atoms with Crippen LogP contribution in [0.15, 0.2) is 144 Å². The maximum absolute atomic E-state index is 5.77. The molecule has 2 aromatic carbocycles. The van der Waals surface area contributed by atoms with E-state index >= 15 is 0 Å². The molecule has 4 nitrogen and oxygen atoms in total. The number of rotatable bonds is 4. The molecule has 0 bridgehead atoms. The zero-order valence-corrected chi connectivity index (χ0v) is 34.6. The average molecular weight is 763 g/mol. The predicted octanol–water partition coefficient (Wildman–Crippen LogP) is 12.8. The topological polar surface area (TPSA) is 32.3 Å². The maximum atomic E-state index is 5.77. The number of fused-ring (bicyclic) bond motifs is 9. The molecule has 2 aliphatic heterocycles. The summed E-state index contributed by atoms with van der Waals surface area (Å²) in [5.74, 6) is 4.23. The van der Waals surface area contributed by atoms with Crippen molar-refractivity contribution in [3.8, 4) is 0 Å². The second-order valence-corrected chi connectivity index (χ2v) is 19.8. The first-order valence-corrected chi connectivity index (χ1v) is 22.9. The fourth-order valence-electron chi connectivity index (χ4n) is 14.1. The third-order valence-corrected chi connectivity index (χ3v) is 16.7. The minimum Gasteiger partial charge on any atom is -0.364 e. The highest BCUT2D eigenvalue weighted by Gasteiger charge is 2.54. The quantitative estimate of drug-likeness (QED) is 0.248. The molecule has 1 aromatic heterocycles.